The van der Waals surface area contributed by atoms with Crippen LogP contribution in [-0.4, -0.2) is 26.3 Å². The van der Waals surface area contributed by atoms with Crippen LogP contribution in [0.15, 0.2) is 66.1 Å². The van der Waals surface area contributed by atoms with Gasteiger partial charge in [0.05, 0.1) is 19.6 Å². The third-order valence-corrected chi connectivity index (χ3v) is 6.42. The van der Waals surface area contributed by atoms with Gasteiger partial charge in [-0.1, -0.05) is 37.1 Å². The zero-order valence-electron chi connectivity index (χ0n) is 22.0. The standard InChI is InChI=1S/C30H29ClN2O6/c1-4-5-12-36-25-10-6-19(14-27(25)35-3)29-22-9-8-21(15-26(22)39-30(33)23(29)16-32)38-28(34)17-37-24-11-7-20(31)13-18(24)2/h6-11,13-15,29H,4-5,12,17,33H2,1-3H3. The number of unbranched alkanes of at least 4 members (excludes halogenated alkanes) is 1. The maximum atomic E-state index is 12.5. The first-order valence-corrected chi connectivity index (χ1v) is 12.8. The van der Waals surface area contributed by atoms with Gasteiger partial charge in [-0.05, 0) is 60.9 Å². The fourth-order valence-corrected chi connectivity index (χ4v) is 4.45. The topological polar surface area (TPSA) is 113 Å². The predicted molar refractivity (Wildman–Crippen MR) is 146 cm³/mol. The van der Waals surface area contributed by atoms with Gasteiger partial charge in [0.25, 0.3) is 0 Å². The molecule has 202 valence electrons. The van der Waals surface area contributed by atoms with Crippen molar-refractivity contribution in [2.75, 3.05) is 20.3 Å². The number of hydrogen-bond acceptors (Lipinski definition) is 8. The number of ether oxygens (including phenoxy) is 5. The third kappa shape index (κ3) is 6.39. The second-order valence-electron chi connectivity index (χ2n) is 8.91. The fraction of sp³-hybridized carbons (Fsp3) is 0.267. The first kappa shape index (κ1) is 27.7. The smallest absolute Gasteiger partial charge is 0.349 e. The summed E-state index contributed by atoms with van der Waals surface area (Å²) in [7, 11) is 1.57. The molecule has 0 saturated heterocycles. The second-order valence-corrected chi connectivity index (χ2v) is 9.35. The van der Waals surface area contributed by atoms with E-state index in [1.807, 2.05) is 25.1 Å². The molecule has 1 atom stereocenters. The van der Waals surface area contributed by atoms with Crippen molar-refractivity contribution in [3.8, 4) is 34.8 Å². The van der Waals surface area contributed by atoms with E-state index in [0.717, 1.165) is 24.0 Å². The number of aryl methyl sites for hydroxylation is 1. The second kappa shape index (κ2) is 12.5. The lowest BCUT2D eigenvalue weighted by Crippen LogP contribution is -2.22. The molecule has 1 aliphatic heterocycles. The van der Waals surface area contributed by atoms with E-state index < -0.39 is 11.9 Å². The summed E-state index contributed by atoms with van der Waals surface area (Å²) in [6.45, 7) is 4.21. The Balaban J connectivity index is 1.55. The molecule has 0 spiro atoms. The van der Waals surface area contributed by atoms with E-state index >= 15 is 0 Å². The van der Waals surface area contributed by atoms with Crippen molar-refractivity contribution in [2.45, 2.75) is 32.6 Å². The van der Waals surface area contributed by atoms with Crippen LogP contribution >= 0.6 is 11.6 Å². The maximum absolute atomic E-state index is 12.5. The Labute approximate surface area is 232 Å². The summed E-state index contributed by atoms with van der Waals surface area (Å²) >= 11 is 5.97. The first-order valence-electron chi connectivity index (χ1n) is 12.5. The van der Waals surface area contributed by atoms with Crippen molar-refractivity contribution < 1.29 is 28.5 Å². The Morgan fingerprint density at radius 2 is 1.87 bits per heavy atom. The summed E-state index contributed by atoms with van der Waals surface area (Å²) < 4.78 is 28.2. The van der Waals surface area contributed by atoms with Crippen LogP contribution < -0.4 is 29.4 Å². The molecule has 0 aliphatic carbocycles. The van der Waals surface area contributed by atoms with Crippen molar-refractivity contribution in [2.24, 2.45) is 5.73 Å². The lowest BCUT2D eigenvalue weighted by molar-refractivity contribution is -0.136. The Kier molecular flexibility index (Phi) is 8.84. The zero-order chi connectivity index (χ0) is 27.9. The lowest BCUT2D eigenvalue weighted by Gasteiger charge is -2.27. The molecule has 1 unspecified atom stereocenters. The van der Waals surface area contributed by atoms with E-state index in [1.165, 1.54) is 0 Å². The van der Waals surface area contributed by atoms with Crippen LogP contribution in [0.1, 0.15) is 42.4 Å². The van der Waals surface area contributed by atoms with Crippen LogP contribution in [0, 0.1) is 18.3 Å². The molecule has 0 fully saturated rings. The quantitative estimate of drug-likeness (QED) is 0.185. The fourth-order valence-electron chi connectivity index (χ4n) is 4.22. The molecule has 0 radical (unpaired) electrons. The van der Waals surface area contributed by atoms with E-state index in [1.54, 1.807) is 43.5 Å². The van der Waals surface area contributed by atoms with E-state index in [2.05, 4.69) is 13.0 Å². The third-order valence-electron chi connectivity index (χ3n) is 6.18. The maximum Gasteiger partial charge on any atom is 0.349 e. The number of nitrogens with zero attached hydrogens (tertiary/aromatic N) is 1. The summed E-state index contributed by atoms with van der Waals surface area (Å²) in [5, 5.41) is 10.5. The highest BCUT2D eigenvalue weighted by Crippen LogP contribution is 2.45. The molecule has 3 aromatic carbocycles. The normalized spacial score (nSPS) is 14.1. The number of esters is 1. The number of hydrogen-bond donors (Lipinski definition) is 1. The number of halogens is 1. The molecule has 1 heterocycles. The molecule has 1 aliphatic rings. The van der Waals surface area contributed by atoms with E-state index in [4.69, 9.17) is 41.0 Å². The summed E-state index contributed by atoms with van der Waals surface area (Å²) in [6, 6.07) is 17.8. The van der Waals surface area contributed by atoms with Gasteiger partial charge >= 0.3 is 5.97 Å². The van der Waals surface area contributed by atoms with Gasteiger partial charge in [-0.25, -0.2) is 4.79 Å². The monoisotopic (exact) mass is 548 g/mol. The largest absolute Gasteiger partial charge is 0.493 e. The van der Waals surface area contributed by atoms with Gasteiger partial charge in [-0.2, -0.15) is 5.26 Å². The van der Waals surface area contributed by atoms with Gasteiger partial charge in [0.1, 0.15) is 28.9 Å². The minimum absolute atomic E-state index is 0.0257. The molecule has 3 aromatic rings. The molecular formula is C30H29ClN2O6. The molecular weight excluding hydrogens is 520 g/mol. The average molecular weight is 549 g/mol. The minimum atomic E-state index is -0.596. The van der Waals surface area contributed by atoms with Gasteiger partial charge in [-0.15, -0.1) is 0 Å². The van der Waals surface area contributed by atoms with Crippen molar-refractivity contribution in [1.82, 2.24) is 0 Å². The van der Waals surface area contributed by atoms with Crippen LogP contribution in [0.3, 0.4) is 0 Å². The molecule has 8 nitrogen and oxygen atoms in total. The highest BCUT2D eigenvalue weighted by Gasteiger charge is 2.31. The highest BCUT2D eigenvalue weighted by atomic mass is 35.5. The van der Waals surface area contributed by atoms with Crippen LogP contribution in [0.5, 0.6) is 28.7 Å². The van der Waals surface area contributed by atoms with Gasteiger partial charge in [0.2, 0.25) is 5.88 Å². The Hall–Kier alpha value is -4.35. The molecule has 0 saturated carbocycles. The van der Waals surface area contributed by atoms with Crippen LogP contribution in [-0.2, 0) is 4.79 Å². The Morgan fingerprint density at radius 3 is 2.59 bits per heavy atom. The Morgan fingerprint density at radius 1 is 1.08 bits per heavy atom. The van der Waals surface area contributed by atoms with E-state index in [-0.39, 0.29) is 23.8 Å². The molecule has 9 heteroatoms. The number of fused-ring (bicyclic) bond motifs is 1. The van der Waals surface area contributed by atoms with E-state index in [9.17, 15) is 10.1 Å². The van der Waals surface area contributed by atoms with Crippen LogP contribution in [0.25, 0.3) is 0 Å². The lowest BCUT2D eigenvalue weighted by atomic mass is 9.83. The number of nitriles is 1. The molecule has 0 amide bonds. The average Bonchev–Trinajstić information content (AvgIpc) is 2.92. The van der Waals surface area contributed by atoms with E-state index in [0.29, 0.717) is 40.2 Å². The molecule has 4 rings (SSSR count). The molecule has 2 N–H and O–H groups in total. The van der Waals surface area contributed by atoms with Gasteiger partial charge in [0.15, 0.2) is 18.1 Å². The zero-order valence-corrected chi connectivity index (χ0v) is 22.7. The number of methoxy groups -OCH3 is 1. The van der Waals surface area contributed by atoms with Crippen LogP contribution in [0.2, 0.25) is 5.02 Å². The molecule has 0 bridgehead atoms. The molecule has 39 heavy (non-hydrogen) atoms. The summed E-state index contributed by atoms with van der Waals surface area (Å²) in [6.07, 6.45) is 1.94. The van der Waals surface area contributed by atoms with Gasteiger partial charge in [-0.3, -0.25) is 0 Å². The first-order chi connectivity index (χ1) is 18.8. The van der Waals surface area contributed by atoms with Crippen molar-refractivity contribution in [3.05, 3.63) is 87.8 Å². The summed E-state index contributed by atoms with van der Waals surface area (Å²) in [4.78, 5) is 12.5. The van der Waals surface area contributed by atoms with Crippen LogP contribution in [0.4, 0.5) is 0 Å². The van der Waals surface area contributed by atoms with Gasteiger partial charge < -0.3 is 29.4 Å². The van der Waals surface area contributed by atoms with Crippen molar-refractivity contribution in [1.29, 1.82) is 5.26 Å². The number of carbonyl (C=O) groups excluding carboxylic acids is 1. The van der Waals surface area contributed by atoms with Crippen molar-refractivity contribution in [3.63, 3.8) is 0 Å². The predicted octanol–water partition coefficient (Wildman–Crippen LogP) is 6.04. The number of rotatable bonds is 10. The minimum Gasteiger partial charge on any atom is -0.493 e. The highest BCUT2D eigenvalue weighted by molar-refractivity contribution is 6.30. The summed E-state index contributed by atoms with van der Waals surface area (Å²) in [5.41, 5.74) is 8.67. The number of benzene rings is 3. The SMILES string of the molecule is CCCCOc1ccc(C2C(C#N)=C(N)Oc3cc(OC(=O)COc4ccc(Cl)cc4C)ccc32)cc1OC. The molecule has 0 aromatic heterocycles. The number of allylic oxidation sites excluding steroid dienone is 1. The number of carbonyl (C=O) groups is 1. The summed E-state index contributed by atoms with van der Waals surface area (Å²) in [5.74, 6) is 1.19. The Bertz CT molecular complexity index is 1450. The van der Waals surface area contributed by atoms with Crippen molar-refractivity contribution >= 4 is 17.6 Å². The van der Waals surface area contributed by atoms with Gasteiger partial charge in [0, 0.05) is 16.7 Å². The number of nitrogens with two attached hydrogens (primary N) is 1.